The molecule has 3 rings (SSSR count). The number of fused-ring (bicyclic) bond motifs is 1. The van der Waals surface area contributed by atoms with Gasteiger partial charge in [0.2, 0.25) is 5.91 Å². The number of aryl methyl sites for hydroxylation is 1. The van der Waals surface area contributed by atoms with Crippen LogP contribution in [0, 0.1) is 0 Å². The number of nitrogens with two attached hydrogens (primary N) is 1. The molecule has 35 heavy (non-hydrogen) atoms. The Labute approximate surface area is 200 Å². The molecule has 0 saturated carbocycles. The molecule has 0 unspecified atom stereocenters. The Bertz CT molecular complexity index is 1410. The summed E-state index contributed by atoms with van der Waals surface area (Å²) in [4.78, 5) is 69.0. The third kappa shape index (κ3) is 5.62. The zero-order valence-corrected chi connectivity index (χ0v) is 19.8. The number of hydrogen-bond donors (Lipinski definition) is 4. The van der Waals surface area contributed by atoms with E-state index in [1.54, 1.807) is 18.2 Å². The zero-order valence-electron chi connectivity index (χ0n) is 19.8. The van der Waals surface area contributed by atoms with E-state index >= 15 is 0 Å². The van der Waals surface area contributed by atoms with Gasteiger partial charge in [-0.2, -0.15) is 0 Å². The highest BCUT2D eigenvalue weighted by molar-refractivity contribution is 6.14. The van der Waals surface area contributed by atoms with E-state index in [-0.39, 0.29) is 46.7 Å². The molecule has 5 N–H and O–H groups in total. The molecule has 2 aromatic heterocycles. The zero-order chi connectivity index (χ0) is 25.7. The van der Waals surface area contributed by atoms with E-state index in [1.165, 1.54) is 16.7 Å². The van der Waals surface area contributed by atoms with Crippen molar-refractivity contribution < 1.29 is 14.4 Å². The smallest absolute Gasteiger partial charge is 0.329 e. The number of anilines is 1. The van der Waals surface area contributed by atoms with Crippen LogP contribution in [-0.4, -0.2) is 38.8 Å². The average molecular weight is 481 g/mol. The second kappa shape index (κ2) is 10.8. The molecule has 184 valence electrons. The molecule has 0 aliphatic carbocycles. The van der Waals surface area contributed by atoms with Crippen molar-refractivity contribution >= 4 is 34.4 Å². The lowest BCUT2D eigenvalue weighted by atomic mass is 10.0. The van der Waals surface area contributed by atoms with Gasteiger partial charge in [0.15, 0.2) is 5.65 Å². The number of nitrogens with zero attached hydrogens (tertiary/aromatic N) is 2. The van der Waals surface area contributed by atoms with Crippen LogP contribution >= 0.6 is 0 Å². The minimum atomic E-state index is -0.720. The number of hydrogen-bond acceptors (Lipinski definition) is 6. The van der Waals surface area contributed by atoms with E-state index < -0.39 is 29.0 Å². The average Bonchev–Trinajstić information content (AvgIpc) is 2.80. The summed E-state index contributed by atoms with van der Waals surface area (Å²) >= 11 is 0. The maximum absolute atomic E-state index is 13.4. The Balaban J connectivity index is 2.08. The van der Waals surface area contributed by atoms with Gasteiger partial charge in [-0.25, -0.2) is 9.78 Å². The van der Waals surface area contributed by atoms with Crippen molar-refractivity contribution in [2.75, 3.05) is 11.9 Å². The molecule has 0 atom stereocenters. The highest BCUT2D eigenvalue weighted by atomic mass is 16.2. The molecular formula is C24H28N6O5. The number of rotatable bonds is 9. The molecule has 0 saturated heterocycles. The van der Waals surface area contributed by atoms with E-state index in [0.717, 1.165) is 0 Å². The molecule has 0 aliphatic rings. The van der Waals surface area contributed by atoms with E-state index in [1.807, 2.05) is 20.8 Å². The normalized spacial score (nSPS) is 11.0. The number of benzene rings is 1. The van der Waals surface area contributed by atoms with Crippen LogP contribution in [0.25, 0.3) is 11.0 Å². The van der Waals surface area contributed by atoms with Crippen molar-refractivity contribution in [3.05, 3.63) is 68.0 Å². The van der Waals surface area contributed by atoms with Crippen LogP contribution in [0.15, 0.2) is 39.9 Å². The minimum Gasteiger partial charge on any atom is -0.370 e. The van der Waals surface area contributed by atoms with Crippen molar-refractivity contribution in [2.24, 2.45) is 5.73 Å². The topological polar surface area (TPSA) is 169 Å². The Kier molecular flexibility index (Phi) is 7.80. The number of carbonyl (C=O) groups is 3. The number of nitrogens with one attached hydrogen (secondary N) is 3. The summed E-state index contributed by atoms with van der Waals surface area (Å²) in [6, 6.07) is 7.86. The van der Waals surface area contributed by atoms with Crippen molar-refractivity contribution in [3.63, 3.8) is 0 Å². The Morgan fingerprint density at radius 1 is 1.11 bits per heavy atom. The van der Waals surface area contributed by atoms with E-state index in [2.05, 4.69) is 20.6 Å². The summed E-state index contributed by atoms with van der Waals surface area (Å²) in [5, 5.41) is 5.27. The number of aromatic nitrogens is 3. The van der Waals surface area contributed by atoms with E-state index in [9.17, 15) is 24.0 Å². The molecule has 3 amide bonds. The third-order valence-electron chi connectivity index (χ3n) is 5.33. The first kappa shape index (κ1) is 25.3. The number of aromatic amines is 1. The monoisotopic (exact) mass is 480 g/mol. The van der Waals surface area contributed by atoms with Gasteiger partial charge in [0.05, 0.1) is 22.2 Å². The van der Waals surface area contributed by atoms with Gasteiger partial charge in [-0.15, -0.1) is 0 Å². The first-order valence-corrected chi connectivity index (χ1v) is 11.3. The summed E-state index contributed by atoms with van der Waals surface area (Å²) in [6.45, 7) is 6.02. The summed E-state index contributed by atoms with van der Waals surface area (Å²) < 4.78 is 1.35. The van der Waals surface area contributed by atoms with Crippen molar-refractivity contribution in [3.8, 4) is 0 Å². The SMILES string of the molecule is CCCn1c(=O)[nH]c(=O)c2c(C(=O)Nc3ccccc3C(=O)NCCC(N)=O)cc(C(C)C)nc21. The standard InChI is InChI=1S/C24H28N6O5/c1-4-11-30-20-19(23(34)29-24(30)35)15(12-17(27-20)13(2)3)22(33)28-16-8-6-5-7-14(16)21(32)26-10-9-18(25)31/h5-8,12-13H,4,9-11H2,1-3H3,(H2,25,31)(H,26,32)(H,28,33)(H,29,34,35). The predicted molar refractivity (Wildman–Crippen MR) is 132 cm³/mol. The van der Waals surface area contributed by atoms with Gasteiger partial charge < -0.3 is 16.4 Å². The predicted octanol–water partition coefficient (Wildman–Crippen LogP) is 1.48. The van der Waals surface area contributed by atoms with Gasteiger partial charge in [-0.1, -0.05) is 32.9 Å². The lowest BCUT2D eigenvalue weighted by molar-refractivity contribution is -0.117. The molecule has 0 radical (unpaired) electrons. The lowest BCUT2D eigenvalue weighted by Gasteiger charge is -2.15. The molecule has 11 heteroatoms. The van der Waals surface area contributed by atoms with Crippen LogP contribution in [0.4, 0.5) is 5.69 Å². The lowest BCUT2D eigenvalue weighted by Crippen LogP contribution is -2.33. The molecular weight excluding hydrogens is 452 g/mol. The maximum Gasteiger partial charge on any atom is 0.329 e. The van der Waals surface area contributed by atoms with E-state index in [0.29, 0.717) is 18.7 Å². The Hall–Kier alpha value is -4.28. The minimum absolute atomic E-state index is 0.0108. The molecule has 0 aliphatic heterocycles. The van der Waals surface area contributed by atoms with Gasteiger partial charge >= 0.3 is 5.69 Å². The van der Waals surface area contributed by atoms with Crippen LogP contribution < -0.4 is 27.6 Å². The molecule has 2 heterocycles. The van der Waals surface area contributed by atoms with Crippen LogP contribution in [0.3, 0.4) is 0 Å². The summed E-state index contributed by atoms with van der Waals surface area (Å²) in [5.74, 6) is -1.77. The summed E-state index contributed by atoms with van der Waals surface area (Å²) in [7, 11) is 0. The number of primary amides is 1. The molecule has 0 fully saturated rings. The van der Waals surface area contributed by atoms with Gasteiger partial charge in [-0.3, -0.25) is 28.7 Å². The van der Waals surface area contributed by atoms with Gasteiger partial charge in [0, 0.05) is 25.2 Å². The number of carbonyl (C=O) groups excluding carboxylic acids is 3. The largest absolute Gasteiger partial charge is 0.370 e. The second-order valence-corrected chi connectivity index (χ2v) is 8.33. The first-order chi connectivity index (χ1) is 16.6. The Morgan fingerprint density at radius 3 is 2.49 bits per heavy atom. The molecule has 11 nitrogen and oxygen atoms in total. The molecule has 0 bridgehead atoms. The van der Waals surface area contributed by atoms with Crippen LogP contribution in [-0.2, 0) is 11.3 Å². The number of para-hydroxylation sites is 1. The van der Waals surface area contributed by atoms with Crippen molar-refractivity contribution in [1.29, 1.82) is 0 Å². The van der Waals surface area contributed by atoms with Crippen molar-refractivity contribution in [2.45, 2.75) is 46.1 Å². The van der Waals surface area contributed by atoms with Crippen LogP contribution in [0.2, 0.25) is 0 Å². The van der Waals surface area contributed by atoms with Gasteiger partial charge in [0.1, 0.15) is 0 Å². The fourth-order valence-corrected chi connectivity index (χ4v) is 3.57. The fourth-order valence-electron chi connectivity index (χ4n) is 3.57. The van der Waals surface area contributed by atoms with Gasteiger partial charge in [-0.05, 0) is 30.5 Å². The van der Waals surface area contributed by atoms with Crippen molar-refractivity contribution in [1.82, 2.24) is 19.9 Å². The molecule has 0 spiro atoms. The number of amides is 3. The highest BCUT2D eigenvalue weighted by Crippen LogP contribution is 2.22. The second-order valence-electron chi connectivity index (χ2n) is 8.33. The fraction of sp³-hybridized carbons (Fsp3) is 0.333. The van der Waals surface area contributed by atoms with E-state index in [4.69, 9.17) is 5.73 Å². The number of pyridine rings is 1. The maximum atomic E-state index is 13.4. The first-order valence-electron chi connectivity index (χ1n) is 11.3. The summed E-state index contributed by atoms with van der Waals surface area (Å²) in [5.41, 5.74) is 4.88. The van der Waals surface area contributed by atoms with Gasteiger partial charge in [0.25, 0.3) is 17.4 Å². The third-order valence-corrected chi connectivity index (χ3v) is 5.33. The van der Waals surface area contributed by atoms with Crippen LogP contribution in [0.5, 0.6) is 0 Å². The quantitative estimate of drug-likeness (QED) is 0.361. The Morgan fingerprint density at radius 2 is 1.83 bits per heavy atom. The summed E-state index contributed by atoms with van der Waals surface area (Å²) in [6.07, 6.45) is 0.595. The molecule has 3 aromatic rings. The number of H-pyrrole nitrogens is 1. The molecule has 1 aromatic carbocycles. The van der Waals surface area contributed by atoms with Crippen LogP contribution in [0.1, 0.15) is 65.9 Å². The highest BCUT2D eigenvalue weighted by Gasteiger charge is 2.22.